The topological polar surface area (TPSA) is 156 Å². The Labute approximate surface area is 170 Å². The zero-order valence-corrected chi connectivity index (χ0v) is 16.4. The van der Waals surface area contributed by atoms with Gasteiger partial charge in [-0.05, 0) is 13.0 Å². The van der Waals surface area contributed by atoms with Gasteiger partial charge in [0.05, 0.1) is 17.3 Å². The zero-order chi connectivity index (χ0) is 21.4. The fourth-order valence-electron chi connectivity index (χ4n) is 3.39. The monoisotopic (exact) mass is 405 g/mol. The van der Waals surface area contributed by atoms with Crippen molar-refractivity contribution in [3.05, 3.63) is 59.1 Å². The summed E-state index contributed by atoms with van der Waals surface area (Å²) in [4.78, 5) is 33.3. The number of aryl methyl sites for hydroxylation is 1. The van der Waals surface area contributed by atoms with Crippen molar-refractivity contribution in [1.82, 2.24) is 24.9 Å². The summed E-state index contributed by atoms with van der Waals surface area (Å²) in [6, 6.07) is 6.93. The molecule has 1 aromatic carbocycles. The fourth-order valence-corrected chi connectivity index (χ4v) is 3.39. The van der Waals surface area contributed by atoms with Crippen molar-refractivity contribution in [3.8, 4) is 11.1 Å². The van der Waals surface area contributed by atoms with Crippen LogP contribution in [0.25, 0.3) is 22.0 Å². The van der Waals surface area contributed by atoms with Gasteiger partial charge in [0.25, 0.3) is 5.91 Å². The van der Waals surface area contributed by atoms with E-state index in [9.17, 15) is 9.59 Å². The van der Waals surface area contributed by atoms with Crippen molar-refractivity contribution in [2.75, 3.05) is 0 Å². The van der Waals surface area contributed by atoms with Gasteiger partial charge in [0.15, 0.2) is 5.82 Å². The second kappa shape index (κ2) is 7.39. The first-order valence-corrected chi connectivity index (χ1v) is 9.27. The molecule has 0 aliphatic rings. The molecule has 4 N–H and O–H groups in total. The van der Waals surface area contributed by atoms with Crippen LogP contribution in [0.1, 0.15) is 45.2 Å². The second-order valence-electron chi connectivity index (χ2n) is 6.72. The maximum atomic E-state index is 12.4. The highest BCUT2D eigenvalue weighted by molar-refractivity contribution is 6.15. The number of aromatic nitrogens is 5. The molecule has 4 rings (SSSR count). The molecular weight excluding hydrogens is 386 g/mol. The number of rotatable bonds is 6. The second-order valence-corrected chi connectivity index (χ2v) is 6.72. The molecule has 152 valence electrons. The molecule has 0 unspecified atom stereocenters. The summed E-state index contributed by atoms with van der Waals surface area (Å²) in [7, 11) is 0. The van der Waals surface area contributed by atoms with Crippen molar-refractivity contribution in [2.24, 2.45) is 11.5 Å². The molecule has 3 heterocycles. The van der Waals surface area contributed by atoms with E-state index in [2.05, 4.69) is 20.2 Å². The first kappa shape index (κ1) is 19.2. The molecule has 0 saturated heterocycles. The van der Waals surface area contributed by atoms with E-state index in [1.165, 1.54) is 6.20 Å². The maximum Gasteiger partial charge on any atom is 0.267 e. The third-order valence-corrected chi connectivity index (χ3v) is 4.86. The van der Waals surface area contributed by atoms with Crippen molar-refractivity contribution >= 4 is 22.7 Å². The Balaban J connectivity index is 1.92. The number of carbonyl (C=O) groups is 2. The number of amides is 2. The zero-order valence-electron chi connectivity index (χ0n) is 16.4. The smallest absolute Gasteiger partial charge is 0.267 e. The summed E-state index contributed by atoms with van der Waals surface area (Å²) in [5, 5.41) is 8.76. The average Bonchev–Trinajstić information content (AvgIpc) is 3.33. The number of nitrogens with two attached hydrogens (primary N) is 2. The van der Waals surface area contributed by atoms with Crippen molar-refractivity contribution in [1.29, 1.82) is 0 Å². The molecule has 0 fully saturated rings. The van der Waals surface area contributed by atoms with Gasteiger partial charge in [-0.15, -0.1) is 0 Å². The first-order chi connectivity index (χ1) is 14.4. The minimum absolute atomic E-state index is 0.0452. The SMILES string of the molecule is CCc1noc(Cn2ncc(-c3c(C(N)=O)nc4ccccc4c3C(N)=O)c2C)n1. The Hall–Kier alpha value is -4.08. The minimum Gasteiger partial charge on any atom is -0.366 e. The summed E-state index contributed by atoms with van der Waals surface area (Å²) >= 11 is 0. The van der Waals surface area contributed by atoms with Crippen LogP contribution in [-0.4, -0.2) is 36.7 Å². The van der Waals surface area contributed by atoms with Gasteiger partial charge in [0.1, 0.15) is 12.2 Å². The van der Waals surface area contributed by atoms with E-state index in [1.807, 2.05) is 6.92 Å². The number of pyridine rings is 1. The van der Waals surface area contributed by atoms with Gasteiger partial charge in [0, 0.05) is 28.6 Å². The fraction of sp³-hybridized carbons (Fsp3) is 0.200. The predicted molar refractivity (Wildman–Crippen MR) is 108 cm³/mol. The Bertz CT molecular complexity index is 1290. The van der Waals surface area contributed by atoms with E-state index >= 15 is 0 Å². The number of primary amides is 2. The molecule has 10 heteroatoms. The van der Waals surface area contributed by atoms with Crippen LogP contribution in [0.2, 0.25) is 0 Å². The molecule has 2 amide bonds. The highest BCUT2D eigenvalue weighted by Crippen LogP contribution is 2.34. The van der Waals surface area contributed by atoms with Crippen LogP contribution in [0.4, 0.5) is 0 Å². The van der Waals surface area contributed by atoms with Gasteiger partial charge in [-0.2, -0.15) is 10.1 Å². The summed E-state index contributed by atoms with van der Waals surface area (Å²) < 4.78 is 6.86. The molecule has 0 radical (unpaired) electrons. The van der Waals surface area contributed by atoms with E-state index in [0.29, 0.717) is 40.3 Å². The maximum absolute atomic E-state index is 12.4. The van der Waals surface area contributed by atoms with Crippen molar-refractivity contribution in [2.45, 2.75) is 26.8 Å². The van der Waals surface area contributed by atoms with Crippen LogP contribution in [-0.2, 0) is 13.0 Å². The molecule has 0 atom stereocenters. The van der Waals surface area contributed by atoms with E-state index in [4.69, 9.17) is 16.0 Å². The molecule has 0 spiro atoms. The number of nitrogens with zero attached hydrogens (tertiary/aromatic N) is 5. The van der Waals surface area contributed by atoms with E-state index in [0.717, 1.165) is 0 Å². The van der Waals surface area contributed by atoms with Crippen LogP contribution < -0.4 is 11.5 Å². The van der Waals surface area contributed by atoms with Crippen LogP contribution in [0.15, 0.2) is 35.0 Å². The predicted octanol–water partition coefficient (Wildman–Crippen LogP) is 1.60. The molecule has 4 aromatic rings. The van der Waals surface area contributed by atoms with Crippen molar-refractivity contribution < 1.29 is 14.1 Å². The van der Waals surface area contributed by atoms with Gasteiger partial charge in [-0.3, -0.25) is 14.3 Å². The normalized spacial score (nSPS) is 11.1. The molecule has 0 bridgehead atoms. The third-order valence-electron chi connectivity index (χ3n) is 4.86. The number of carbonyl (C=O) groups excluding carboxylic acids is 2. The molecule has 0 saturated carbocycles. The minimum atomic E-state index is -0.769. The summed E-state index contributed by atoms with van der Waals surface area (Å²) in [6.45, 7) is 3.96. The Kier molecular flexibility index (Phi) is 4.74. The molecular formula is C20H19N7O3. The Morgan fingerprint density at radius 2 is 1.90 bits per heavy atom. The molecule has 0 aliphatic heterocycles. The lowest BCUT2D eigenvalue weighted by Crippen LogP contribution is -2.20. The van der Waals surface area contributed by atoms with Crippen LogP contribution in [0.5, 0.6) is 0 Å². The average molecular weight is 405 g/mol. The molecule has 0 aliphatic carbocycles. The van der Waals surface area contributed by atoms with Crippen LogP contribution in [0, 0.1) is 6.92 Å². The lowest BCUT2D eigenvalue weighted by molar-refractivity contribution is 0.0996. The standard InChI is InChI=1S/C20H19N7O3/c1-3-14-25-15(30-26-14)9-27-10(2)12(8-23-27)16-17(19(21)28)11-6-4-5-7-13(11)24-18(16)20(22)29/h4-8H,3,9H2,1-2H3,(H2,21,28)(H2,22,29). The third kappa shape index (κ3) is 3.17. The van der Waals surface area contributed by atoms with Crippen molar-refractivity contribution in [3.63, 3.8) is 0 Å². The quantitative estimate of drug-likeness (QED) is 0.493. The van der Waals surface area contributed by atoms with Gasteiger partial charge in [-0.1, -0.05) is 30.3 Å². The number of para-hydroxylation sites is 1. The number of hydrogen-bond donors (Lipinski definition) is 2. The van der Waals surface area contributed by atoms with Gasteiger partial charge in [0.2, 0.25) is 11.8 Å². The highest BCUT2D eigenvalue weighted by Gasteiger charge is 2.26. The first-order valence-electron chi connectivity index (χ1n) is 9.27. The summed E-state index contributed by atoms with van der Waals surface area (Å²) in [5.41, 5.74) is 13.3. The lowest BCUT2D eigenvalue weighted by Gasteiger charge is -2.13. The Morgan fingerprint density at radius 3 is 2.57 bits per heavy atom. The molecule has 3 aromatic heterocycles. The largest absolute Gasteiger partial charge is 0.366 e. The van der Waals surface area contributed by atoms with Gasteiger partial charge < -0.3 is 16.0 Å². The Morgan fingerprint density at radius 1 is 1.13 bits per heavy atom. The van der Waals surface area contributed by atoms with Crippen LogP contribution in [0.3, 0.4) is 0 Å². The lowest BCUT2D eigenvalue weighted by atomic mass is 9.94. The van der Waals surface area contributed by atoms with Gasteiger partial charge >= 0.3 is 0 Å². The highest BCUT2D eigenvalue weighted by atomic mass is 16.5. The van der Waals surface area contributed by atoms with E-state index in [-0.39, 0.29) is 23.4 Å². The molecule has 30 heavy (non-hydrogen) atoms. The van der Waals surface area contributed by atoms with Gasteiger partial charge in [-0.25, -0.2) is 4.98 Å². The number of hydrogen-bond acceptors (Lipinski definition) is 7. The van der Waals surface area contributed by atoms with E-state index < -0.39 is 11.8 Å². The number of benzene rings is 1. The molecule has 10 nitrogen and oxygen atoms in total. The summed E-state index contributed by atoms with van der Waals surface area (Å²) in [5.74, 6) is -0.468. The van der Waals surface area contributed by atoms with Crippen LogP contribution >= 0.6 is 0 Å². The summed E-state index contributed by atoms with van der Waals surface area (Å²) in [6.07, 6.45) is 2.19. The number of fused-ring (bicyclic) bond motifs is 1. The van der Waals surface area contributed by atoms with E-state index in [1.54, 1.807) is 35.9 Å².